The summed E-state index contributed by atoms with van der Waals surface area (Å²) in [6, 6.07) is 53.6. The molecule has 0 radical (unpaired) electrons. The van der Waals surface area contributed by atoms with Crippen molar-refractivity contribution < 1.29 is 15.0 Å². The molecule has 8 rings (SSSR count). The lowest BCUT2D eigenvalue weighted by atomic mass is 9.77. The highest BCUT2D eigenvalue weighted by Crippen LogP contribution is 2.42. The molecule has 0 saturated heterocycles. The Hall–Kier alpha value is -6.64. The molecule has 8 heteroatoms. The molecule has 0 spiro atoms. The molecule has 0 saturated carbocycles. The van der Waals surface area contributed by atoms with Crippen LogP contribution in [0.4, 0.5) is 0 Å². The van der Waals surface area contributed by atoms with Gasteiger partial charge in [-0.05, 0) is 57.1 Å². The molecule has 0 aliphatic carbocycles. The van der Waals surface area contributed by atoms with Crippen molar-refractivity contribution in [2.45, 2.75) is 38.0 Å². The highest BCUT2D eigenvalue weighted by molar-refractivity contribution is 6.05. The Morgan fingerprint density at radius 1 is 0.704 bits per heavy atom. The van der Waals surface area contributed by atoms with E-state index in [0.29, 0.717) is 34.6 Å². The van der Waals surface area contributed by atoms with Gasteiger partial charge in [0.1, 0.15) is 6.10 Å². The summed E-state index contributed by atoms with van der Waals surface area (Å²) in [5.41, 5.74) is 6.09. The first-order valence-corrected chi connectivity index (χ1v) is 18.2. The van der Waals surface area contributed by atoms with E-state index in [1.54, 1.807) is 4.80 Å². The Bertz CT molecular complexity index is 2430. The van der Waals surface area contributed by atoms with Gasteiger partial charge in [0, 0.05) is 23.0 Å². The molecule has 8 nitrogen and oxygen atoms in total. The van der Waals surface area contributed by atoms with E-state index in [-0.39, 0.29) is 5.56 Å². The maximum Gasteiger partial charge on any atom is 0.338 e. The third kappa shape index (κ3) is 5.96. The second-order valence-corrected chi connectivity index (χ2v) is 13.4. The number of nitrogens with zero attached hydrogens (tertiary/aromatic N) is 5. The summed E-state index contributed by atoms with van der Waals surface area (Å²) in [5.74, 6) is -0.722. The van der Waals surface area contributed by atoms with Crippen LogP contribution in [-0.4, -0.2) is 41.0 Å². The van der Waals surface area contributed by atoms with Gasteiger partial charge in [-0.2, -0.15) is 0 Å². The summed E-state index contributed by atoms with van der Waals surface area (Å²) in [5, 5.41) is 38.1. The lowest BCUT2D eigenvalue weighted by molar-refractivity contribution is 0.0692. The molecular weight excluding hydrogens is 671 g/mol. The number of aromatic carboxylic acids is 1. The zero-order valence-electron chi connectivity index (χ0n) is 29.8. The van der Waals surface area contributed by atoms with Crippen molar-refractivity contribution >= 4 is 16.9 Å². The maximum absolute atomic E-state index is 12.9. The molecule has 2 heterocycles. The second-order valence-electron chi connectivity index (χ2n) is 13.4. The Balaban J connectivity index is 1.35. The highest BCUT2D eigenvalue weighted by Gasteiger charge is 2.41. The van der Waals surface area contributed by atoms with Crippen LogP contribution in [0.5, 0.6) is 0 Å². The number of aliphatic hydroxyl groups is 1. The predicted octanol–water partition coefficient (Wildman–Crippen LogP) is 9.38. The molecule has 0 amide bonds. The molecule has 266 valence electrons. The number of aryl methyl sites for hydroxylation is 1. The van der Waals surface area contributed by atoms with Gasteiger partial charge in [-0.25, -0.2) is 4.79 Å². The first kappa shape index (κ1) is 34.4. The number of hydrogen-bond acceptors (Lipinski definition) is 5. The van der Waals surface area contributed by atoms with Crippen molar-refractivity contribution in [1.29, 1.82) is 0 Å². The number of carboxylic acids is 1. The van der Waals surface area contributed by atoms with Crippen LogP contribution in [-0.2, 0) is 12.1 Å². The number of rotatable bonds is 12. The Kier molecular flexibility index (Phi) is 9.42. The van der Waals surface area contributed by atoms with E-state index in [2.05, 4.69) is 43.3 Å². The van der Waals surface area contributed by atoms with E-state index >= 15 is 0 Å². The van der Waals surface area contributed by atoms with Gasteiger partial charge in [0.05, 0.1) is 11.3 Å². The third-order valence-electron chi connectivity index (χ3n) is 10.2. The third-order valence-corrected chi connectivity index (χ3v) is 10.2. The molecule has 2 aromatic heterocycles. The van der Waals surface area contributed by atoms with Crippen LogP contribution in [0.2, 0.25) is 0 Å². The van der Waals surface area contributed by atoms with Gasteiger partial charge < -0.3 is 14.8 Å². The molecule has 0 bridgehead atoms. The monoisotopic (exact) mass is 709 g/mol. The minimum Gasteiger partial charge on any atom is -0.478 e. The fraction of sp³-hybridized carbons (Fsp3) is 0.130. The minimum absolute atomic E-state index is 0.102. The van der Waals surface area contributed by atoms with Crippen molar-refractivity contribution in [3.05, 3.63) is 197 Å². The largest absolute Gasteiger partial charge is 0.478 e. The number of benzene rings is 6. The average Bonchev–Trinajstić information content (AvgIpc) is 3.85. The molecule has 2 N–H and O–H groups in total. The van der Waals surface area contributed by atoms with Crippen LogP contribution in [0.3, 0.4) is 0 Å². The van der Waals surface area contributed by atoms with E-state index in [0.717, 1.165) is 46.2 Å². The lowest BCUT2D eigenvalue weighted by Gasteiger charge is -2.34. The summed E-state index contributed by atoms with van der Waals surface area (Å²) in [6.07, 6.45) is 0.489. The zero-order valence-corrected chi connectivity index (χ0v) is 29.8. The molecule has 1 unspecified atom stereocenters. The summed E-state index contributed by atoms with van der Waals surface area (Å²) in [6.45, 7) is 2.67. The number of fused-ring (bicyclic) bond motifs is 1. The topological polar surface area (TPSA) is 106 Å². The molecule has 0 aliphatic rings. The van der Waals surface area contributed by atoms with Crippen LogP contribution in [0, 0.1) is 0 Å². The number of hydrogen-bond donors (Lipinski definition) is 2. The van der Waals surface area contributed by atoms with Gasteiger partial charge in [0.25, 0.3) is 0 Å². The van der Waals surface area contributed by atoms with E-state index in [1.165, 1.54) is 0 Å². The molecule has 8 aromatic rings. The van der Waals surface area contributed by atoms with Crippen molar-refractivity contribution in [3.8, 4) is 22.5 Å². The summed E-state index contributed by atoms with van der Waals surface area (Å²) in [4.78, 5) is 14.6. The van der Waals surface area contributed by atoms with Crippen LogP contribution in [0.15, 0.2) is 164 Å². The molecule has 54 heavy (non-hydrogen) atoms. The number of unbranched alkanes of at least 4 members (excludes halogenated alkanes) is 1. The maximum atomic E-state index is 12.9. The Morgan fingerprint density at radius 3 is 1.83 bits per heavy atom. The molecule has 0 fully saturated rings. The molecule has 0 aliphatic heterocycles. The van der Waals surface area contributed by atoms with Gasteiger partial charge >= 0.3 is 5.97 Å². The quantitative estimate of drug-likeness (QED) is 0.123. The number of tetrazole rings is 1. The number of carbonyl (C=O) groups is 1. The van der Waals surface area contributed by atoms with Crippen LogP contribution in [0.25, 0.3) is 33.4 Å². The van der Waals surface area contributed by atoms with Gasteiger partial charge in [-0.3, -0.25) is 0 Å². The number of aliphatic hydroxyl groups excluding tert-OH is 1. The van der Waals surface area contributed by atoms with Gasteiger partial charge in [-0.1, -0.05) is 165 Å². The van der Waals surface area contributed by atoms with E-state index in [4.69, 9.17) is 15.4 Å². The van der Waals surface area contributed by atoms with Crippen LogP contribution < -0.4 is 0 Å². The lowest BCUT2D eigenvalue weighted by Crippen LogP contribution is -2.39. The Labute approximate surface area is 313 Å². The fourth-order valence-electron chi connectivity index (χ4n) is 7.68. The van der Waals surface area contributed by atoms with E-state index < -0.39 is 17.6 Å². The van der Waals surface area contributed by atoms with Crippen molar-refractivity contribution in [2.75, 3.05) is 0 Å². The fourth-order valence-corrected chi connectivity index (χ4v) is 7.68. The van der Waals surface area contributed by atoms with Crippen LogP contribution >= 0.6 is 0 Å². The van der Waals surface area contributed by atoms with Gasteiger partial charge in [0.2, 0.25) is 5.82 Å². The summed E-state index contributed by atoms with van der Waals surface area (Å²) in [7, 11) is 0. The van der Waals surface area contributed by atoms with Crippen molar-refractivity contribution in [3.63, 3.8) is 0 Å². The number of para-hydroxylation sites is 1. The number of carboxylic acid groups (broad SMARTS) is 1. The predicted molar refractivity (Wildman–Crippen MR) is 211 cm³/mol. The number of aromatic nitrogens is 5. The smallest absolute Gasteiger partial charge is 0.338 e. The normalized spacial score (nSPS) is 12.2. The highest BCUT2D eigenvalue weighted by atomic mass is 16.4. The van der Waals surface area contributed by atoms with Crippen molar-refractivity contribution in [1.82, 2.24) is 24.8 Å². The van der Waals surface area contributed by atoms with Gasteiger partial charge in [-0.15, -0.1) is 15.0 Å². The van der Waals surface area contributed by atoms with Crippen LogP contribution in [0.1, 0.15) is 64.2 Å². The molecule has 1 atom stereocenters. The standard InChI is InChI=1S/C46H39N5O3/c1-2-3-30-50-40-27-17-16-26-38(40)41(45(53)54)42(50)43(52)33-28-29-37(32-18-8-4-9-19-32)39(31-33)44-47-49-51(48-44)46(34-20-10-5-11-21-34,35-22-12-6-13-23-35)36-24-14-7-15-25-36/h4-29,31,43,52H,2-3,30H2,1H3,(H,53,54). The van der Waals surface area contributed by atoms with E-state index in [9.17, 15) is 15.0 Å². The first-order valence-electron chi connectivity index (χ1n) is 18.2. The SMILES string of the molecule is CCCCn1c(C(O)c2ccc(-c3ccccc3)c(-c3nnn(C(c4ccccc4)(c4ccccc4)c4ccccc4)n3)c2)c(C(=O)O)c2ccccc21. The zero-order chi connectivity index (χ0) is 37.1. The average molecular weight is 710 g/mol. The first-order chi connectivity index (χ1) is 26.5. The van der Waals surface area contributed by atoms with Gasteiger partial charge in [0.15, 0.2) is 5.54 Å². The van der Waals surface area contributed by atoms with E-state index in [1.807, 2.05) is 132 Å². The summed E-state index contributed by atoms with van der Waals surface area (Å²) < 4.78 is 1.96. The molecular formula is C46H39N5O3. The van der Waals surface area contributed by atoms with Crippen molar-refractivity contribution in [2.24, 2.45) is 0 Å². The molecule has 6 aromatic carbocycles. The second kappa shape index (κ2) is 14.8. The minimum atomic E-state index is -1.25. The Morgan fingerprint density at radius 2 is 1.26 bits per heavy atom. The summed E-state index contributed by atoms with van der Waals surface area (Å²) >= 11 is 0.